The van der Waals surface area contributed by atoms with Crippen LogP contribution in [0.15, 0.2) is 11.6 Å². The minimum atomic E-state index is 0.392. The largest absolute Gasteiger partial charge is 0.354 e. The number of thiazole rings is 1. The molecule has 1 aliphatic rings. The van der Waals surface area contributed by atoms with Crippen molar-refractivity contribution in [1.29, 1.82) is 0 Å². The zero-order valence-corrected chi connectivity index (χ0v) is 11.1. The molecule has 0 saturated carbocycles. The molecule has 0 atom stereocenters. The van der Waals surface area contributed by atoms with E-state index in [1.807, 2.05) is 0 Å². The van der Waals surface area contributed by atoms with Gasteiger partial charge in [-0.15, -0.1) is 11.3 Å². The van der Waals surface area contributed by atoms with Gasteiger partial charge in [-0.1, -0.05) is 13.8 Å². The van der Waals surface area contributed by atoms with Crippen molar-refractivity contribution in [1.82, 2.24) is 9.38 Å². The highest BCUT2D eigenvalue weighted by atomic mass is 32.1. The summed E-state index contributed by atoms with van der Waals surface area (Å²) in [6.07, 6.45) is 3.28. The van der Waals surface area contributed by atoms with Gasteiger partial charge in [0.15, 0.2) is 10.8 Å². The first-order valence-corrected chi connectivity index (χ1v) is 6.88. The van der Waals surface area contributed by atoms with E-state index in [-0.39, 0.29) is 0 Å². The summed E-state index contributed by atoms with van der Waals surface area (Å²) in [6.45, 7) is 7.33. The number of imidazole rings is 1. The third-order valence-corrected chi connectivity index (χ3v) is 4.27. The molecule has 0 spiro atoms. The quantitative estimate of drug-likeness (QED) is 0.887. The van der Waals surface area contributed by atoms with E-state index in [0.717, 1.165) is 29.6 Å². The maximum atomic E-state index is 5.87. The van der Waals surface area contributed by atoms with Crippen LogP contribution in [0.5, 0.6) is 0 Å². The Balaban J connectivity index is 2.02. The van der Waals surface area contributed by atoms with Crippen LogP contribution >= 0.6 is 11.3 Å². The number of hydrogen-bond acceptors (Lipinski definition) is 4. The minimum absolute atomic E-state index is 0.392. The summed E-state index contributed by atoms with van der Waals surface area (Å²) in [7, 11) is 0. The molecule has 0 aliphatic carbocycles. The average molecular weight is 250 g/mol. The van der Waals surface area contributed by atoms with Gasteiger partial charge in [0.25, 0.3) is 0 Å². The number of hydrogen-bond donors (Lipinski definition) is 1. The van der Waals surface area contributed by atoms with Gasteiger partial charge in [-0.25, -0.2) is 4.98 Å². The van der Waals surface area contributed by atoms with Crippen LogP contribution in [-0.4, -0.2) is 22.5 Å². The molecule has 0 amide bonds. The van der Waals surface area contributed by atoms with Gasteiger partial charge in [0.2, 0.25) is 0 Å². The first-order valence-electron chi connectivity index (χ1n) is 6.00. The first-order chi connectivity index (χ1) is 8.11. The van der Waals surface area contributed by atoms with E-state index in [0.29, 0.717) is 12.0 Å². The Morgan fingerprint density at radius 3 is 3.00 bits per heavy atom. The summed E-state index contributed by atoms with van der Waals surface area (Å²) in [6, 6.07) is 0. The lowest BCUT2D eigenvalue weighted by atomic mass is 9.93. The number of anilines is 1. The van der Waals surface area contributed by atoms with E-state index in [1.54, 1.807) is 11.3 Å². The topological polar surface area (TPSA) is 46.6 Å². The van der Waals surface area contributed by atoms with Gasteiger partial charge in [-0.05, 0) is 11.8 Å². The van der Waals surface area contributed by atoms with Crippen LogP contribution in [0.4, 0.5) is 5.82 Å². The molecule has 2 aromatic heterocycles. The van der Waals surface area contributed by atoms with Crippen molar-refractivity contribution >= 4 is 22.1 Å². The fourth-order valence-corrected chi connectivity index (χ4v) is 3.29. The van der Waals surface area contributed by atoms with Crippen LogP contribution in [0.3, 0.4) is 0 Å². The van der Waals surface area contributed by atoms with Gasteiger partial charge in [0.05, 0.1) is 5.69 Å². The highest BCUT2D eigenvalue weighted by Gasteiger charge is 2.32. The monoisotopic (exact) mass is 250 g/mol. The number of nitrogens with two attached hydrogens (primary N) is 1. The van der Waals surface area contributed by atoms with E-state index in [4.69, 9.17) is 10.7 Å². The Labute approximate surface area is 105 Å². The predicted molar refractivity (Wildman–Crippen MR) is 71.6 cm³/mol. The average Bonchev–Trinajstić information content (AvgIpc) is 2.89. The Morgan fingerprint density at radius 2 is 2.35 bits per heavy atom. The molecule has 0 unspecified atom stereocenters. The summed E-state index contributed by atoms with van der Waals surface area (Å²) < 4.78 is 2.12. The van der Waals surface area contributed by atoms with Gasteiger partial charge in [0.1, 0.15) is 0 Å². The molecule has 5 heteroatoms. The third kappa shape index (κ3) is 1.73. The van der Waals surface area contributed by atoms with E-state index in [1.165, 1.54) is 6.42 Å². The molecule has 2 N–H and O–H groups in total. The van der Waals surface area contributed by atoms with Crippen LogP contribution in [0.2, 0.25) is 0 Å². The molecular formula is C12H18N4S. The first kappa shape index (κ1) is 11.0. The fraction of sp³-hybridized carbons (Fsp3) is 0.583. The number of fused-ring (bicyclic) bond motifs is 1. The van der Waals surface area contributed by atoms with E-state index >= 15 is 0 Å². The zero-order valence-electron chi connectivity index (χ0n) is 10.3. The molecule has 0 radical (unpaired) electrons. The second-order valence-corrected chi connectivity index (χ2v) is 6.35. The molecule has 3 heterocycles. The van der Waals surface area contributed by atoms with Crippen LogP contribution in [0.1, 0.15) is 26.0 Å². The van der Waals surface area contributed by atoms with Crippen LogP contribution in [-0.2, 0) is 6.54 Å². The molecule has 1 aliphatic heterocycles. The van der Waals surface area contributed by atoms with Crippen molar-refractivity contribution in [3.63, 3.8) is 0 Å². The summed E-state index contributed by atoms with van der Waals surface area (Å²) in [5.41, 5.74) is 7.40. The number of rotatable bonds is 2. The fourth-order valence-electron chi connectivity index (χ4n) is 2.56. The molecule has 17 heavy (non-hydrogen) atoms. The van der Waals surface area contributed by atoms with Gasteiger partial charge in [-0.3, -0.25) is 4.40 Å². The second kappa shape index (κ2) is 3.71. The van der Waals surface area contributed by atoms with Crippen molar-refractivity contribution < 1.29 is 0 Å². The predicted octanol–water partition coefficient (Wildman–Crippen LogP) is 2.09. The summed E-state index contributed by atoms with van der Waals surface area (Å²) in [5.74, 6) is 1.09. The summed E-state index contributed by atoms with van der Waals surface area (Å²) in [4.78, 5) is 8.14. The van der Waals surface area contributed by atoms with Gasteiger partial charge < -0.3 is 10.6 Å². The summed E-state index contributed by atoms with van der Waals surface area (Å²) in [5, 5.41) is 2.05. The van der Waals surface area contributed by atoms with Crippen molar-refractivity contribution in [3.8, 4) is 0 Å². The third-order valence-electron chi connectivity index (χ3n) is 3.51. The maximum Gasteiger partial charge on any atom is 0.195 e. The highest BCUT2D eigenvalue weighted by molar-refractivity contribution is 7.15. The molecule has 0 aromatic carbocycles. The lowest BCUT2D eigenvalue weighted by Crippen LogP contribution is -2.24. The van der Waals surface area contributed by atoms with Crippen molar-refractivity contribution in [2.45, 2.75) is 26.8 Å². The molecule has 4 nitrogen and oxygen atoms in total. The maximum absolute atomic E-state index is 5.87. The Kier molecular flexibility index (Phi) is 2.41. The highest BCUT2D eigenvalue weighted by Crippen LogP contribution is 2.34. The smallest absolute Gasteiger partial charge is 0.195 e. The van der Waals surface area contributed by atoms with E-state index in [2.05, 4.69) is 34.7 Å². The van der Waals surface area contributed by atoms with Crippen molar-refractivity contribution in [2.75, 3.05) is 18.0 Å². The molecule has 3 rings (SSSR count). The normalized spacial score (nSPS) is 19.4. The van der Waals surface area contributed by atoms with Gasteiger partial charge in [-0.2, -0.15) is 0 Å². The molecule has 1 fully saturated rings. The number of nitrogens with zero attached hydrogens (tertiary/aromatic N) is 3. The van der Waals surface area contributed by atoms with Crippen LogP contribution < -0.4 is 10.6 Å². The Bertz CT molecular complexity index is 540. The summed E-state index contributed by atoms with van der Waals surface area (Å²) >= 11 is 1.67. The van der Waals surface area contributed by atoms with Crippen LogP contribution in [0.25, 0.3) is 4.96 Å². The zero-order chi connectivity index (χ0) is 12.0. The molecule has 92 valence electrons. The lowest BCUT2D eigenvalue weighted by molar-refractivity contribution is 0.418. The van der Waals surface area contributed by atoms with Gasteiger partial charge in [0, 0.05) is 31.2 Å². The SMILES string of the molecule is CC1(C)CCN(c2nc3sccn3c2CN)C1. The lowest BCUT2D eigenvalue weighted by Gasteiger charge is -2.20. The van der Waals surface area contributed by atoms with Crippen molar-refractivity contribution in [3.05, 3.63) is 17.3 Å². The number of aromatic nitrogens is 2. The molecule has 0 bridgehead atoms. The Morgan fingerprint density at radius 1 is 1.53 bits per heavy atom. The molecule has 1 saturated heterocycles. The standard InChI is InChI=1S/C12H18N4S/c1-12(2)3-4-15(8-12)10-9(7-13)16-5-6-17-11(16)14-10/h5-6H,3-4,7-8,13H2,1-2H3. The minimum Gasteiger partial charge on any atom is -0.354 e. The van der Waals surface area contributed by atoms with Crippen LogP contribution in [0, 0.1) is 5.41 Å². The van der Waals surface area contributed by atoms with E-state index < -0.39 is 0 Å². The van der Waals surface area contributed by atoms with Gasteiger partial charge >= 0.3 is 0 Å². The Hall–Kier alpha value is -1.07. The molecular weight excluding hydrogens is 232 g/mol. The molecule has 2 aromatic rings. The van der Waals surface area contributed by atoms with Crippen molar-refractivity contribution in [2.24, 2.45) is 11.1 Å². The second-order valence-electron chi connectivity index (χ2n) is 5.48. The van der Waals surface area contributed by atoms with E-state index in [9.17, 15) is 0 Å².